The van der Waals surface area contributed by atoms with E-state index in [0.29, 0.717) is 63.4 Å². The molecule has 2 N–H and O–H groups in total. The number of aliphatic hydroxyl groups is 2. The van der Waals surface area contributed by atoms with E-state index in [9.17, 15) is 24.6 Å². The predicted molar refractivity (Wildman–Crippen MR) is 304 cm³/mol. The van der Waals surface area contributed by atoms with E-state index in [-0.39, 0.29) is 47.7 Å². The van der Waals surface area contributed by atoms with Gasteiger partial charge in [-0.3, -0.25) is 19.2 Å². The first kappa shape index (κ1) is 62.9. The number of aliphatic hydroxyl groups excluding tert-OH is 1. The van der Waals surface area contributed by atoms with Crippen molar-refractivity contribution in [2.75, 3.05) is 13.7 Å². The van der Waals surface area contributed by atoms with Crippen LogP contribution in [0.25, 0.3) is 0 Å². The molecule has 8 nitrogen and oxygen atoms in total. The van der Waals surface area contributed by atoms with Crippen LogP contribution in [0.4, 0.5) is 0 Å². The molecule has 0 amide bonds. The summed E-state index contributed by atoms with van der Waals surface area (Å²) in [5.41, 5.74) is 1.76. The monoisotopic (exact) mass is 1020 g/mol. The Morgan fingerprint density at radius 3 is 1.96 bits per heavy atom. The van der Waals surface area contributed by atoms with Gasteiger partial charge in [-0.1, -0.05) is 162 Å². The lowest BCUT2D eigenvalue weighted by molar-refractivity contribution is -0.168. The molecule has 416 valence electrons. The summed E-state index contributed by atoms with van der Waals surface area (Å²) in [5.74, 6) is -1.92. The van der Waals surface area contributed by atoms with Crippen LogP contribution in [-0.2, 0) is 28.7 Å². The van der Waals surface area contributed by atoms with Gasteiger partial charge in [0.15, 0.2) is 11.5 Å². The van der Waals surface area contributed by atoms with E-state index in [1.165, 1.54) is 83.0 Å². The highest BCUT2D eigenvalue weighted by Crippen LogP contribution is 2.65. The van der Waals surface area contributed by atoms with Crippen molar-refractivity contribution in [2.45, 2.75) is 259 Å². The first-order valence-electron chi connectivity index (χ1n) is 30.0. The Hall–Kier alpha value is -3.62. The molecule has 4 aliphatic carbocycles. The minimum atomic E-state index is -1.25. The summed E-state index contributed by atoms with van der Waals surface area (Å²) in [6, 6.07) is 0. The fraction of sp³-hybridized carbons (Fsp3) is 0.727. The van der Waals surface area contributed by atoms with Gasteiger partial charge in [0.2, 0.25) is 5.78 Å². The van der Waals surface area contributed by atoms with Crippen molar-refractivity contribution in [3.63, 3.8) is 0 Å². The lowest BCUT2D eigenvalue weighted by Gasteiger charge is -2.56. The van der Waals surface area contributed by atoms with Gasteiger partial charge in [0.25, 0.3) is 0 Å². The molecule has 0 aromatic heterocycles. The van der Waals surface area contributed by atoms with Crippen LogP contribution in [0.1, 0.15) is 248 Å². The van der Waals surface area contributed by atoms with Crippen LogP contribution in [0, 0.1) is 34.5 Å². The van der Waals surface area contributed by atoms with E-state index in [1.54, 1.807) is 0 Å². The van der Waals surface area contributed by atoms with Crippen molar-refractivity contribution in [1.29, 1.82) is 0 Å². The fourth-order valence-electron chi connectivity index (χ4n) is 13.5. The van der Waals surface area contributed by atoms with E-state index in [4.69, 9.17) is 9.47 Å². The maximum absolute atomic E-state index is 15.0. The zero-order valence-electron chi connectivity index (χ0n) is 48.1. The minimum absolute atomic E-state index is 0.0938. The Bertz CT molecular complexity index is 1990. The Balaban J connectivity index is 1.55. The van der Waals surface area contributed by atoms with Crippen LogP contribution < -0.4 is 0 Å². The lowest BCUT2D eigenvalue weighted by atomic mass is 9.51. The SMILES string of the molecule is CCCC/C=C\CCCCCCCCC[C@@]12C(=O)C(OC)=CC(=O)[C@@H]1CC([C@@H]1CC[C@]3([C@H](CCCOC(=O)CCCCCCC/C=C\CCCC)/C(=C(/C)C=O)CC[C@]3(C)O)[C@@H]1O)=C[C@H]2/C=C(\C)CCC=C(C)C. The van der Waals surface area contributed by atoms with Crippen molar-refractivity contribution < 1.29 is 38.9 Å². The summed E-state index contributed by atoms with van der Waals surface area (Å²) in [4.78, 5) is 55.1. The number of esters is 1. The number of hydrogen-bond acceptors (Lipinski definition) is 8. The molecule has 2 fully saturated rings. The Labute approximate surface area is 450 Å². The third kappa shape index (κ3) is 17.5. The van der Waals surface area contributed by atoms with Crippen LogP contribution in [0.2, 0.25) is 0 Å². The van der Waals surface area contributed by atoms with Crippen LogP contribution in [0.15, 0.2) is 82.2 Å². The van der Waals surface area contributed by atoms with Crippen molar-refractivity contribution in [3.05, 3.63) is 82.2 Å². The topological polar surface area (TPSA) is 127 Å². The summed E-state index contributed by atoms with van der Waals surface area (Å²) in [6.07, 6.45) is 46.1. The smallest absolute Gasteiger partial charge is 0.305 e. The van der Waals surface area contributed by atoms with Crippen LogP contribution >= 0.6 is 0 Å². The molecule has 2 saturated carbocycles. The molecule has 0 saturated heterocycles. The molecule has 8 atom stereocenters. The summed E-state index contributed by atoms with van der Waals surface area (Å²) in [5, 5.41) is 25.7. The number of ketones is 2. The van der Waals surface area contributed by atoms with E-state index in [2.05, 4.69) is 77.2 Å². The molecule has 4 aliphatic rings. The average Bonchev–Trinajstić information content (AvgIpc) is 3.72. The van der Waals surface area contributed by atoms with Gasteiger partial charge in [0.1, 0.15) is 6.29 Å². The van der Waals surface area contributed by atoms with Crippen LogP contribution in [0.5, 0.6) is 0 Å². The number of aldehydes is 1. The molecule has 1 spiro atoms. The molecular weight excluding hydrogens is 921 g/mol. The third-order valence-corrected chi connectivity index (χ3v) is 17.8. The number of fused-ring (bicyclic) bond motifs is 1. The van der Waals surface area contributed by atoms with Gasteiger partial charge in [-0.25, -0.2) is 0 Å². The van der Waals surface area contributed by atoms with Gasteiger partial charge in [-0.05, 0) is 155 Å². The van der Waals surface area contributed by atoms with E-state index in [0.717, 1.165) is 100 Å². The zero-order valence-corrected chi connectivity index (χ0v) is 48.1. The molecule has 0 heterocycles. The zero-order chi connectivity index (χ0) is 54.0. The molecule has 0 aromatic rings. The number of Topliss-reactive ketones (excluding diaryl/α,β-unsaturated/α-hetero) is 1. The largest absolute Gasteiger partial charge is 0.493 e. The number of carbonyl (C=O) groups excluding carboxylic acids is 4. The number of allylic oxidation sites excluding steroid dienone is 13. The number of unbranched alkanes of at least 4 members (excludes halogenated alkanes) is 16. The number of carbonyl (C=O) groups is 4. The Morgan fingerprint density at radius 1 is 0.770 bits per heavy atom. The fourth-order valence-corrected chi connectivity index (χ4v) is 13.5. The maximum atomic E-state index is 15.0. The first-order valence-corrected chi connectivity index (χ1v) is 30.0. The van der Waals surface area contributed by atoms with Gasteiger partial charge in [-0.15, -0.1) is 0 Å². The number of rotatable bonds is 35. The predicted octanol–water partition coefficient (Wildman–Crippen LogP) is 16.4. The normalized spacial score (nSPS) is 27.9. The van der Waals surface area contributed by atoms with Crippen LogP contribution in [-0.4, -0.2) is 59.5 Å². The van der Waals surface area contributed by atoms with Crippen molar-refractivity contribution in [3.8, 4) is 0 Å². The summed E-state index contributed by atoms with van der Waals surface area (Å²) < 4.78 is 11.5. The van der Waals surface area contributed by atoms with Crippen LogP contribution in [0.3, 0.4) is 0 Å². The van der Waals surface area contributed by atoms with Gasteiger partial charge in [-0.2, -0.15) is 0 Å². The molecule has 4 rings (SSSR count). The average molecular weight is 1030 g/mol. The summed E-state index contributed by atoms with van der Waals surface area (Å²) in [7, 11) is 1.49. The Kier molecular flexibility index (Phi) is 27.9. The Morgan fingerprint density at radius 2 is 1.36 bits per heavy atom. The number of methoxy groups -OCH3 is 1. The standard InChI is InChI=1S/C66H104O8/c1-9-11-13-15-17-19-21-22-24-26-28-30-32-41-65-54(45-51(5)36-33-35-50(3)4)46-53(47-58(65)59(68)48-60(73-8)63(65)71)56-40-43-66(62(56)70)57(55(52(6)49-67)39-42-64(66,7)72)37-34-44-74-61(69)38-31-29-27-25-23-20-18-16-14-12-10-2/h15-18,35,45-46,48-49,54,56-58,62,70,72H,9-14,19-34,36-44,47H2,1-8H3/b17-15-,18-16-,51-45+,55-52-/t54-,56+,57-,58+,62-,64+,65+,66+/m1/s1. The summed E-state index contributed by atoms with van der Waals surface area (Å²) in [6.45, 7) is 14.7. The molecule has 0 aliphatic heterocycles. The van der Waals surface area contributed by atoms with Gasteiger partial charge in [0.05, 0.1) is 30.8 Å². The van der Waals surface area contributed by atoms with E-state index in [1.807, 2.05) is 13.8 Å². The molecule has 8 heteroatoms. The molecular formula is C66H104O8. The minimum Gasteiger partial charge on any atom is -0.493 e. The molecule has 74 heavy (non-hydrogen) atoms. The van der Waals surface area contributed by atoms with E-state index >= 15 is 4.79 Å². The third-order valence-electron chi connectivity index (χ3n) is 17.8. The van der Waals surface area contributed by atoms with Gasteiger partial charge in [0, 0.05) is 35.7 Å². The second-order valence-corrected chi connectivity index (χ2v) is 23.5. The van der Waals surface area contributed by atoms with Crippen molar-refractivity contribution >= 4 is 23.8 Å². The number of ether oxygens (including phenoxy) is 2. The molecule has 0 aromatic carbocycles. The quantitative estimate of drug-likeness (QED) is 0.0211. The highest BCUT2D eigenvalue weighted by Gasteiger charge is 2.65. The highest BCUT2D eigenvalue weighted by atomic mass is 16.5. The second-order valence-electron chi connectivity index (χ2n) is 23.5. The molecule has 0 unspecified atom stereocenters. The van der Waals surface area contributed by atoms with Crippen molar-refractivity contribution in [1.82, 2.24) is 0 Å². The molecule has 0 bridgehead atoms. The lowest BCUT2D eigenvalue weighted by Crippen LogP contribution is -2.59. The maximum Gasteiger partial charge on any atom is 0.305 e. The van der Waals surface area contributed by atoms with Gasteiger partial charge < -0.3 is 19.7 Å². The van der Waals surface area contributed by atoms with Crippen molar-refractivity contribution in [2.24, 2.45) is 34.5 Å². The highest BCUT2D eigenvalue weighted by molar-refractivity contribution is 6.12. The first-order chi connectivity index (χ1) is 35.6. The summed E-state index contributed by atoms with van der Waals surface area (Å²) >= 11 is 0. The van der Waals surface area contributed by atoms with E-state index < -0.39 is 28.5 Å². The second kappa shape index (κ2) is 32.8. The van der Waals surface area contributed by atoms with Gasteiger partial charge >= 0.3 is 5.97 Å². The number of hydrogen-bond donors (Lipinski definition) is 2. The molecule has 0 radical (unpaired) electrons.